The van der Waals surface area contributed by atoms with Gasteiger partial charge in [-0.15, -0.1) is 11.3 Å². The first-order valence-electron chi connectivity index (χ1n) is 6.32. The van der Waals surface area contributed by atoms with Gasteiger partial charge in [-0.3, -0.25) is 4.79 Å². The summed E-state index contributed by atoms with van der Waals surface area (Å²) < 4.78 is 0. The van der Waals surface area contributed by atoms with Gasteiger partial charge in [0.05, 0.1) is 10.0 Å². The predicted molar refractivity (Wildman–Crippen MR) is 92.0 cm³/mol. The number of allylic oxidation sites excluding steroid dienone is 1. The van der Waals surface area contributed by atoms with Crippen LogP contribution in [0.2, 0.25) is 5.02 Å². The molecule has 0 aliphatic carbocycles. The lowest BCUT2D eigenvalue weighted by Crippen LogP contribution is -2.14. The van der Waals surface area contributed by atoms with Crippen molar-refractivity contribution >= 4 is 45.5 Å². The summed E-state index contributed by atoms with van der Waals surface area (Å²) in [6.07, 6.45) is 1.85. The number of anilines is 1. The van der Waals surface area contributed by atoms with E-state index in [9.17, 15) is 10.1 Å². The molecule has 22 heavy (non-hydrogen) atoms. The van der Waals surface area contributed by atoms with Crippen LogP contribution in [-0.4, -0.2) is 5.78 Å². The Kier molecular flexibility index (Phi) is 4.34. The van der Waals surface area contributed by atoms with Crippen molar-refractivity contribution in [2.75, 3.05) is 4.90 Å². The van der Waals surface area contributed by atoms with E-state index in [2.05, 4.69) is 0 Å². The molecule has 0 fully saturated rings. The van der Waals surface area contributed by atoms with Gasteiger partial charge in [-0.05, 0) is 35.1 Å². The molecule has 1 aliphatic heterocycles. The highest BCUT2D eigenvalue weighted by molar-refractivity contribution is 8.06. The summed E-state index contributed by atoms with van der Waals surface area (Å²) in [6.45, 7) is 0. The van der Waals surface area contributed by atoms with Gasteiger partial charge in [-0.1, -0.05) is 35.5 Å². The predicted octanol–water partition coefficient (Wildman–Crippen LogP) is 5.04. The maximum Gasteiger partial charge on any atom is 0.207 e. The molecule has 0 atom stereocenters. The van der Waals surface area contributed by atoms with Crippen LogP contribution in [0.1, 0.15) is 10.4 Å². The Bertz CT molecular complexity index is 819. The second kappa shape index (κ2) is 6.41. The van der Waals surface area contributed by atoms with Crippen molar-refractivity contribution in [3.8, 4) is 6.07 Å². The first kappa shape index (κ1) is 14.9. The van der Waals surface area contributed by atoms with Crippen LogP contribution in [0.15, 0.2) is 64.0 Å². The van der Waals surface area contributed by atoms with E-state index in [0.29, 0.717) is 15.6 Å². The number of halogens is 1. The molecular formula is C16H9ClN2OS2. The summed E-state index contributed by atoms with van der Waals surface area (Å²) in [6, 6.07) is 12.7. The van der Waals surface area contributed by atoms with Crippen molar-refractivity contribution in [2.24, 2.45) is 0 Å². The highest BCUT2D eigenvalue weighted by atomic mass is 35.5. The third-order valence-corrected chi connectivity index (χ3v) is 5.10. The second-order valence-corrected chi connectivity index (χ2v) is 6.55. The van der Waals surface area contributed by atoms with Crippen molar-refractivity contribution in [1.29, 1.82) is 5.26 Å². The van der Waals surface area contributed by atoms with E-state index in [4.69, 9.17) is 11.6 Å². The minimum Gasteiger partial charge on any atom is -0.301 e. The van der Waals surface area contributed by atoms with E-state index in [1.54, 1.807) is 35.6 Å². The summed E-state index contributed by atoms with van der Waals surface area (Å²) in [5.41, 5.74) is 0.434. The van der Waals surface area contributed by atoms with Crippen LogP contribution in [0.4, 0.5) is 5.00 Å². The maximum absolute atomic E-state index is 12.7. The monoisotopic (exact) mass is 344 g/mol. The minimum atomic E-state index is -0.360. The average molecular weight is 345 g/mol. The molecule has 2 aromatic rings. The number of carbonyl (C=O) groups is 1. The molecule has 1 aromatic heterocycles. The van der Waals surface area contributed by atoms with Gasteiger partial charge in [0.15, 0.2) is 0 Å². The first-order valence-corrected chi connectivity index (χ1v) is 8.46. The number of carbonyl (C=O) groups excluding carboxylic acids is 1. The molecule has 0 spiro atoms. The smallest absolute Gasteiger partial charge is 0.207 e. The zero-order chi connectivity index (χ0) is 15.5. The van der Waals surface area contributed by atoms with E-state index in [-0.39, 0.29) is 11.4 Å². The lowest BCUT2D eigenvalue weighted by molar-refractivity contribution is 0.103. The number of rotatable bonds is 3. The summed E-state index contributed by atoms with van der Waals surface area (Å²) >= 11 is 8.97. The molecule has 3 nitrogen and oxygen atoms in total. The number of ketones is 1. The van der Waals surface area contributed by atoms with Gasteiger partial charge in [0.1, 0.15) is 16.7 Å². The summed E-state index contributed by atoms with van der Waals surface area (Å²) in [4.78, 5) is 14.5. The van der Waals surface area contributed by atoms with Crippen LogP contribution >= 0.6 is 34.7 Å². The molecule has 108 valence electrons. The van der Waals surface area contributed by atoms with Gasteiger partial charge < -0.3 is 4.90 Å². The molecule has 0 bridgehead atoms. The van der Waals surface area contributed by atoms with Crippen molar-refractivity contribution in [2.45, 2.75) is 0 Å². The molecule has 0 radical (unpaired) electrons. The van der Waals surface area contributed by atoms with Crippen molar-refractivity contribution in [3.63, 3.8) is 0 Å². The number of nitriles is 1. The van der Waals surface area contributed by atoms with Gasteiger partial charge in [-0.2, -0.15) is 5.26 Å². The van der Waals surface area contributed by atoms with E-state index in [0.717, 1.165) is 5.00 Å². The molecule has 0 saturated heterocycles. The van der Waals surface area contributed by atoms with Gasteiger partial charge in [0.2, 0.25) is 5.78 Å². The van der Waals surface area contributed by atoms with Gasteiger partial charge in [-0.25, -0.2) is 0 Å². The lowest BCUT2D eigenvalue weighted by Gasteiger charge is -2.16. The fourth-order valence-corrected chi connectivity index (χ4v) is 3.86. The number of thioether (sulfide) groups is 1. The van der Waals surface area contributed by atoms with Gasteiger partial charge >= 0.3 is 0 Å². The molecule has 3 rings (SSSR count). The maximum atomic E-state index is 12.7. The molecule has 0 amide bonds. The number of benzene rings is 1. The number of hydrogen-bond acceptors (Lipinski definition) is 5. The Balaban J connectivity index is 2.05. The Labute approximate surface area is 141 Å². The molecule has 1 aliphatic rings. The van der Waals surface area contributed by atoms with Crippen LogP contribution in [-0.2, 0) is 0 Å². The molecule has 1 aromatic carbocycles. The Hall–Kier alpha value is -2.00. The molecule has 0 N–H and O–H groups in total. The molecule has 6 heteroatoms. The number of Topliss-reactive ketones (excluding diaryl/α,β-unsaturated/α-hetero) is 1. The van der Waals surface area contributed by atoms with Crippen LogP contribution in [0.25, 0.3) is 0 Å². The number of hydrogen-bond donors (Lipinski definition) is 0. The quantitative estimate of drug-likeness (QED) is 0.444. The van der Waals surface area contributed by atoms with Crippen LogP contribution in [0.3, 0.4) is 0 Å². The molecular weight excluding hydrogens is 336 g/mol. The van der Waals surface area contributed by atoms with E-state index >= 15 is 0 Å². The Morgan fingerprint density at radius 2 is 2.05 bits per heavy atom. The average Bonchev–Trinajstić information content (AvgIpc) is 3.19. The molecule has 0 saturated carbocycles. The third-order valence-electron chi connectivity index (χ3n) is 3.02. The topological polar surface area (TPSA) is 44.1 Å². The summed E-state index contributed by atoms with van der Waals surface area (Å²) in [5.74, 6) is -0.360. The van der Waals surface area contributed by atoms with E-state index in [1.807, 2.05) is 40.1 Å². The summed E-state index contributed by atoms with van der Waals surface area (Å²) in [7, 11) is 0. The minimum absolute atomic E-state index is 0.0940. The first-order chi connectivity index (χ1) is 10.7. The Morgan fingerprint density at radius 3 is 2.73 bits per heavy atom. The normalized spacial score (nSPS) is 15.7. The van der Waals surface area contributed by atoms with Gasteiger partial charge in [0, 0.05) is 11.8 Å². The fourth-order valence-electron chi connectivity index (χ4n) is 2.02. The van der Waals surface area contributed by atoms with Crippen molar-refractivity contribution in [3.05, 3.63) is 74.6 Å². The molecule has 2 heterocycles. The van der Waals surface area contributed by atoms with Crippen molar-refractivity contribution < 1.29 is 4.79 Å². The Morgan fingerprint density at radius 1 is 1.23 bits per heavy atom. The number of thiophene rings is 1. The van der Waals surface area contributed by atoms with Gasteiger partial charge in [0.25, 0.3) is 0 Å². The highest BCUT2D eigenvalue weighted by Gasteiger charge is 2.26. The fraction of sp³-hybridized carbons (Fsp3) is 0. The van der Waals surface area contributed by atoms with E-state index < -0.39 is 0 Å². The second-order valence-electron chi connectivity index (χ2n) is 4.33. The van der Waals surface area contributed by atoms with E-state index in [1.165, 1.54) is 11.8 Å². The molecule has 0 unspecified atom stereocenters. The third kappa shape index (κ3) is 2.69. The van der Waals surface area contributed by atoms with Crippen molar-refractivity contribution in [1.82, 2.24) is 0 Å². The highest BCUT2D eigenvalue weighted by Crippen LogP contribution is 2.39. The largest absolute Gasteiger partial charge is 0.301 e. The standard InChI is InChI=1S/C16H9ClN2OS2/c17-13-5-2-1-4-11(13)15(20)12(10-18)16-19(7-9-22-16)14-6-3-8-21-14/h1-9H. The lowest BCUT2D eigenvalue weighted by atomic mass is 10.1. The number of nitrogens with zero attached hydrogens (tertiary/aromatic N) is 2. The zero-order valence-electron chi connectivity index (χ0n) is 11.2. The SMILES string of the molecule is N#CC(C(=O)c1ccccc1Cl)=C1SC=CN1c1cccs1. The summed E-state index contributed by atoms with van der Waals surface area (Å²) in [5, 5.41) is 15.2. The zero-order valence-corrected chi connectivity index (χ0v) is 13.6. The van der Waals surface area contributed by atoms with Crippen LogP contribution in [0, 0.1) is 11.3 Å². The van der Waals surface area contributed by atoms with Crippen LogP contribution < -0.4 is 4.90 Å². The van der Waals surface area contributed by atoms with Crippen LogP contribution in [0.5, 0.6) is 0 Å².